The second-order valence-corrected chi connectivity index (χ2v) is 3.71. The zero-order chi connectivity index (χ0) is 12.8. The number of carbonyl (C=O) groups is 1. The fourth-order valence-electron chi connectivity index (χ4n) is 1.36. The molecule has 1 aromatic carbocycles. The second kappa shape index (κ2) is 6.20. The van der Waals surface area contributed by atoms with E-state index in [1.54, 1.807) is 19.1 Å². The highest BCUT2D eigenvalue weighted by Gasteiger charge is 2.08. The van der Waals surface area contributed by atoms with E-state index in [0.29, 0.717) is 17.9 Å². The van der Waals surface area contributed by atoms with Gasteiger partial charge in [-0.1, -0.05) is 6.07 Å². The summed E-state index contributed by atoms with van der Waals surface area (Å²) < 4.78 is 18.7. The molecule has 1 atom stereocenters. The van der Waals surface area contributed by atoms with Gasteiger partial charge < -0.3 is 15.8 Å². The van der Waals surface area contributed by atoms with E-state index < -0.39 is 5.82 Å². The van der Waals surface area contributed by atoms with Gasteiger partial charge in [-0.3, -0.25) is 4.79 Å². The van der Waals surface area contributed by atoms with Gasteiger partial charge in [0.15, 0.2) is 6.61 Å². The van der Waals surface area contributed by atoms with E-state index >= 15 is 0 Å². The van der Waals surface area contributed by atoms with Gasteiger partial charge in [0, 0.05) is 24.2 Å². The Hall–Kier alpha value is -1.62. The molecule has 1 rings (SSSR count). The van der Waals surface area contributed by atoms with Crippen LogP contribution in [-0.4, -0.2) is 19.1 Å². The van der Waals surface area contributed by atoms with Gasteiger partial charge in [-0.05, 0) is 19.9 Å². The summed E-state index contributed by atoms with van der Waals surface area (Å²) in [6.07, 6.45) is 0. The maximum Gasteiger partial charge on any atom is 0.257 e. The van der Waals surface area contributed by atoms with Crippen LogP contribution in [0.25, 0.3) is 0 Å². The highest BCUT2D eigenvalue weighted by Crippen LogP contribution is 2.20. The van der Waals surface area contributed by atoms with Crippen LogP contribution < -0.4 is 15.8 Å². The van der Waals surface area contributed by atoms with E-state index in [2.05, 4.69) is 5.32 Å². The van der Waals surface area contributed by atoms with Crippen LogP contribution in [0.2, 0.25) is 0 Å². The van der Waals surface area contributed by atoms with Crippen molar-refractivity contribution in [2.24, 2.45) is 5.73 Å². The van der Waals surface area contributed by atoms with Gasteiger partial charge in [0.05, 0.1) is 0 Å². The number of ether oxygens (including phenoxy) is 1. The Morgan fingerprint density at radius 1 is 1.59 bits per heavy atom. The third kappa shape index (κ3) is 4.03. The summed E-state index contributed by atoms with van der Waals surface area (Å²) >= 11 is 0. The second-order valence-electron chi connectivity index (χ2n) is 3.71. The van der Waals surface area contributed by atoms with Crippen molar-refractivity contribution in [1.82, 2.24) is 5.32 Å². The van der Waals surface area contributed by atoms with Crippen molar-refractivity contribution in [3.05, 3.63) is 29.6 Å². The smallest absolute Gasteiger partial charge is 0.257 e. The molecule has 0 radical (unpaired) electrons. The lowest BCUT2D eigenvalue weighted by Gasteiger charge is -2.10. The van der Waals surface area contributed by atoms with E-state index in [9.17, 15) is 9.18 Å². The number of amides is 1. The summed E-state index contributed by atoms with van der Waals surface area (Å²) in [5.74, 6) is -0.337. The molecule has 1 amide bonds. The summed E-state index contributed by atoms with van der Waals surface area (Å²) in [7, 11) is 0. The number of hydrogen-bond acceptors (Lipinski definition) is 3. The van der Waals surface area contributed by atoms with Crippen LogP contribution in [0, 0.1) is 5.82 Å². The van der Waals surface area contributed by atoms with Crippen LogP contribution in [0.4, 0.5) is 4.39 Å². The fourth-order valence-corrected chi connectivity index (χ4v) is 1.36. The van der Waals surface area contributed by atoms with Crippen LogP contribution in [0.3, 0.4) is 0 Å². The molecule has 5 heteroatoms. The number of nitrogens with one attached hydrogen (secondary N) is 1. The molecule has 17 heavy (non-hydrogen) atoms. The first kappa shape index (κ1) is 13.4. The predicted molar refractivity (Wildman–Crippen MR) is 63.2 cm³/mol. The van der Waals surface area contributed by atoms with Gasteiger partial charge in [-0.25, -0.2) is 4.39 Å². The normalized spacial score (nSPS) is 12.0. The highest BCUT2D eigenvalue weighted by molar-refractivity contribution is 5.77. The van der Waals surface area contributed by atoms with Crippen LogP contribution in [-0.2, 0) is 4.79 Å². The van der Waals surface area contributed by atoms with Crippen molar-refractivity contribution < 1.29 is 13.9 Å². The number of nitrogens with two attached hydrogens (primary N) is 1. The summed E-state index contributed by atoms with van der Waals surface area (Å²) in [6, 6.07) is 4.03. The van der Waals surface area contributed by atoms with Crippen molar-refractivity contribution >= 4 is 5.91 Å². The Morgan fingerprint density at radius 2 is 2.29 bits per heavy atom. The molecular formula is C12H17FN2O2. The van der Waals surface area contributed by atoms with Crippen molar-refractivity contribution in [2.75, 3.05) is 13.2 Å². The van der Waals surface area contributed by atoms with Gasteiger partial charge in [-0.2, -0.15) is 0 Å². The van der Waals surface area contributed by atoms with Crippen LogP contribution in [0.15, 0.2) is 18.2 Å². The van der Waals surface area contributed by atoms with Crippen molar-refractivity contribution in [3.63, 3.8) is 0 Å². The SMILES string of the molecule is CCNC(=O)COc1ccc(C(C)N)c(F)c1. The molecule has 0 bridgehead atoms. The number of halogens is 1. The predicted octanol–water partition coefficient (Wildman–Crippen LogP) is 1.36. The molecule has 0 aliphatic carbocycles. The first-order chi connectivity index (χ1) is 8.04. The Kier molecular flexibility index (Phi) is 4.90. The lowest BCUT2D eigenvalue weighted by molar-refractivity contribution is -0.122. The van der Waals surface area contributed by atoms with Crippen molar-refractivity contribution in [3.8, 4) is 5.75 Å². The maximum absolute atomic E-state index is 13.5. The van der Waals surface area contributed by atoms with Gasteiger partial charge in [-0.15, -0.1) is 0 Å². The average Bonchev–Trinajstić information content (AvgIpc) is 2.26. The van der Waals surface area contributed by atoms with Crippen molar-refractivity contribution in [2.45, 2.75) is 19.9 Å². The summed E-state index contributed by atoms with van der Waals surface area (Å²) in [5.41, 5.74) is 6.01. The lowest BCUT2D eigenvalue weighted by Crippen LogP contribution is -2.28. The molecule has 0 fully saturated rings. The fraction of sp³-hybridized carbons (Fsp3) is 0.417. The third-order valence-corrected chi connectivity index (χ3v) is 2.21. The lowest BCUT2D eigenvalue weighted by atomic mass is 10.1. The van der Waals surface area contributed by atoms with Crippen molar-refractivity contribution in [1.29, 1.82) is 0 Å². The largest absolute Gasteiger partial charge is 0.484 e. The van der Waals surface area contributed by atoms with Crippen LogP contribution in [0.1, 0.15) is 25.5 Å². The molecule has 0 saturated carbocycles. The molecule has 4 nitrogen and oxygen atoms in total. The standard InChI is InChI=1S/C12H17FN2O2/c1-3-15-12(16)7-17-9-4-5-10(8(2)14)11(13)6-9/h4-6,8H,3,7,14H2,1-2H3,(H,15,16). The van der Waals surface area contributed by atoms with E-state index in [1.807, 2.05) is 6.92 Å². The number of rotatable bonds is 5. The molecule has 0 heterocycles. The molecule has 0 aliphatic rings. The Balaban J connectivity index is 2.62. The quantitative estimate of drug-likeness (QED) is 0.816. The number of benzene rings is 1. The molecule has 94 valence electrons. The van der Waals surface area contributed by atoms with E-state index in [0.717, 1.165) is 0 Å². The number of carbonyl (C=O) groups excluding carboxylic acids is 1. The molecule has 0 aliphatic heterocycles. The van der Waals surface area contributed by atoms with E-state index in [4.69, 9.17) is 10.5 Å². The molecule has 3 N–H and O–H groups in total. The topological polar surface area (TPSA) is 64.3 Å². The Morgan fingerprint density at radius 3 is 2.82 bits per heavy atom. The summed E-state index contributed by atoms with van der Waals surface area (Å²) in [4.78, 5) is 11.1. The van der Waals surface area contributed by atoms with Gasteiger partial charge in [0.2, 0.25) is 0 Å². The maximum atomic E-state index is 13.5. The zero-order valence-electron chi connectivity index (χ0n) is 10.00. The van der Waals surface area contributed by atoms with E-state index in [1.165, 1.54) is 6.07 Å². The molecule has 1 unspecified atom stereocenters. The minimum atomic E-state index is -0.423. The zero-order valence-corrected chi connectivity index (χ0v) is 10.00. The van der Waals surface area contributed by atoms with E-state index in [-0.39, 0.29) is 18.6 Å². The van der Waals surface area contributed by atoms with Crippen LogP contribution >= 0.6 is 0 Å². The molecule has 1 aromatic rings. The van der Waals surface area contributed by atoms with Gasteiger partial charge in [0.25, 0.3) is 5.91 Å². The average molecular weight is 240 g/mol. The third-order valence-electron chi connectivity index (χ3n) is 2.21. The molecular weight excluding hydrogens is 223 g/mol. The minimum absolute atomic E-state index is 0.120. The number of likely N-dealkylation sites (N-methyl/N-ethyl adjacent to an activating group) is 1. The van der Waals surface area contributed by atoms with Gasteiger partial charge in [0.1, 0.15) is 11.6 Å². The first-order valence-electron chi connectivity index (χ1n) is 5.49. The Bertz CT molecular complexity index is 394. The highest BCUT2D eigenvalue weighted by atomic mass is 19.1. The van der Waals surface area contributed by atoms with Gasteiger partial charge >= 0.3 is 0 Å². The number of hydrogen-bond donors (Lipinski definition) is 2. The first-order valence-corrected chi connectivity index (χ1v) is 5.49. The molecule has 0 saturated heterocycles. The summed E-state index contributed by atoms with van der Waals surface area (Å²) in [6.45, 7) is 3.94. The molecule has 0 aromatic heterocycles. The minimum Gasteiger partial charge on any atom is -0.484 e. The summed E-state index contributed by atoms with van der Waals surface area (Å²) in [5, 5.41) is 2.58. The Labute approximate surface area is 100.0 Å². The monoisotopic (exact) mass is 240 g/mol. The molecule has 0 spiro atoms. The van der Waals surface area contributed by atoms with Crippen LogP contribution in [0.5, 0.6) is 5.75 Å².